The van der Waals surface area contributed by atoms with Crippen LogP contribution in [0.2, 0.25) is 0 Å². The first-order chi connectivity index (χ1) is 13.6. The van der Waals surface area contributed by atoms with Crippen molar-refractivity contribution in [1.29, 1.82) is 0 Å². The molecule has 0 amide bonds. The highest BCUT2D eigenvalue weighted by molar-refractivity contribution is 5.70. The van der Waals surface area contributed by atoms with Crippen LogP contribution in [-0.2, 0) is 4.74 Å². The number of aromatic nitrogens is 2. The molecule has 1 aliphatic rings. The fourth-order valence-corrected chi connectivity index (χ4v) is 4.30. The van der Waals surface area contributed by atoms with Gasteiger partial charge in [-0.2, -0.15) is 0 Å². The molecule has 0 spiro atoms. The minimum Gasteiger partial charge on any atom is -0.381 e. The molecule has 5 heteroatoms. The molecule has 1 atom stereocenters. The van der Waals surface area contributed by atoms with Crippen molar-refractivity contribution < 1.29 is 9.26 Å². The first kappa shape index (κ1) is 18.7. The molecule has 1 aromatic carbocycles. The molecule has 1 saturated heterocycles. The van der Waals surface area contributed by atoms with Crippen molar-refractivity contribution in [3.63, 3.8) is 0 Å². The van der Waals surface area contributed by atoms with Gasteiger partial charge in [-0.1, -0.05) is 35.5 Å². The first-order valence-electron chi connectivity index (χ1n) is 9.90. The Morgan fingerprint density at radius 3 is 2.50 bits per heavy atom. The standard InChI is InChI=1S/C23H27N3O2/c1-16-22(17(2)28-25-16)20-9-12-24-21(15-20)26(3)23(18-7-5-4-6-8-18)19-10-13-27-14-11-19/h4-9,12,15,19,23H,10-11,13-14H2,1-3H3/t23-/m0/s1. The molecular weight excluding hydrogens is 350 g/mol. The number of anilines is 1. The molecule has 1 aliphatic heterocycles. The third-order valence-electron chi connectivity index (χ3n) is 5.70. The van der Waals surface area contributed by atoms with Gasteiger partial charge in [0.1, 0.15) is 11.6 Å². The van der Waals surface area contributed by atoms with Crippen molar-refractivity contribution in [2.45, 2.75) is 32.7 Å². The van der Waals surface area contributed by atoms with Gasteiger partial charge in [0, 0.05) is 32.0 Å². The molecule has 0 unspecified atom stereocenters. The fraction of sp³-hybridized carbons (Fsp3) is 0.391. The molecule has 0 N–H and O–H groups in total. The molecule has 2 aromatic heterocycles. The maximum atomic E-state index is 5.61. The lowest BCUT2D eigenvalue weighted by atomic mass is 9.86. The molecule has 0 aliphatic carbocycles. The van der Waals surface area contributed by atoms with E-state index in [4.69, 9.17) is 14.2 Å². The number of ether oxygens (including phenoxy) is 1. The summed E-state index contributed by atoms with van der Waals surface area (Å²) in [4.78, 5) is 7.01. The average molecular weight is 377 g/mol. The predicted molar refractivity (Wildman–Crippen MR) is 110 cm³/mol. The smallest absolute Gasteiger partial charge is 0.141 e. The number of pyridine rings is 1. The highest BCUT2D eigenvalue weighted by atomic mass is 16.5. The molecule has 3 heterocycles. The van der Waals surface area contributed by atoms with E-state index in [9.17, 15) is 0 Å². The van der Waals surface area contributed by atoms with E-state index >= 15 is 0 Å². The molecule has 1 fully saturated rings. The lowest BCUT2D eigenvalue weighted by Crippen LogP contribution is -2.34. The number of aryl methyl sites for hydroxylation is 2. The molecule has 4 rings (SSSR count). The summed E-state index contributed by atoms with van der Waals surface area (Å²) in [5.74, 6) is 2.32. The molecule has 146 valence electrons. The SMILES string of the molecule is Cc1noc(C)c1-c1ccnc(N(C)[C@@H](c2ccccc2)C2CCOCC2)c1. The maximum absolute atomic E-state index is 5.61. The Bertz CT molecular complexity index is 897. The van der Waals surface area contributed by atoms with E-state index in [2.05, 4.69) is 53.5 Å². The van der Waals surface area contributed by atoms with Gasteiger partial charge in [0.05, 0.1) is 11.7 Å². The summed E-state index contributed by atoms with van der Waals surface area (Å²) in [5.41, 5.74) is 4.37. The van der Waals surface area contributed by atoms with Crippen molar-refractivity contribution >= 4 is 5.82 Å². The van der Waals surface area contributed by atoms with Crippen LogP contribution < -0.4 is 4.90 Å². The quantitative estimate of drug-likeness (QED) is 0.629. The van der Waals surface area contributed by atoms with E-state index in [1.54, 1.807) is 0 Å². The van der Waals surface area contributed by atoms with E-state index in [0.29, 0.717) is 5.92 Å². The second-order valence-electron chi connectivity index (χ2n) is 7.52. The van der Waals surface area contributed by atoms with E-state index in [-0.39, 0.29) is 6.04 Å². The number of benzene rings is 1. The number of nitrogens with zero attached hydrogens (tertiary/aromatic N) is 3. The van der Waals surface area contributed by atoms with Crippen LogP contribution in [0.1, 0.15) is 35.9 Å². The summed E-state index contributed by atoms with van der Waals surface area (Å²) in [7, 11) is 2.15. The van der Waals surface area contributed by atoms with E-state index in [1.807, 2.05) is 26.1 Å². The summed E-state index contributed by atoms with van der Waals surface area (Å²) in [6.07, 6.45) is 4.00. The molecule has 0 radical (unpaired) electrons. The summed E-state index contributed by atoms with van der Waals surface area (Å²) in [6.45, 7) is 5.58. The lowest BCUT2D eigenvalue weighted by Gasteiger charge is -2.37. The molecule has 28 heavy (non-hydrogen) atoms. The van der Waals surface area contributed by atoms with Crippen molar-refractivity contribution in [3.8, 4) is 11.1 Å². The zero-order valence-electron chi connectivity index (χ0n) is 16.8. The van der Waals surface area contributed by atoms with Crippen LogP contribution in [0, 0.1) is 19.8 Å². The van der Waals surface area contributed by atoms with Gasteiger partial charge < -0.3 is 14.2 Å². The van der Waals surface area contributed by atoms with Crippen LogP contribution >= 0.6 is 0 Å². The fourth-order valence-electron chi connectivity index (χ4n) is 4.30. The summed E-state index contributed by atoms with van der Waals surface area (Å²) in [6, 6.07) is 15.2. The minimum atomic E-state index is 0.262. The highest BCUT2D eigenvalue weighted by Gasteiger charge is 2.29. The zero-order chi connectivity index (χ0) is 19.5. The Hall–Kier alpha value is -2.66. The minimum absolute atomic E-state index is 0.262. The summed E-state index contributed by atoms with van der Waals surface area (Å²) < 4.78 is 11.0. The van der Waals surface area contributed by atoms with Crippen molar-refractivity contribution in [2.75, 3.05) is 25.2 Å². The first-order valence-corrected chi connectivity index (χ1v) is 9.90. The predicted octanol–water partition coefficient (Wildman–Crippen LogP) is 4.96. The molecule has 0 saturated carbocycles. The van der Waals surface area contributed by atoms with E-state index < -0.39 is 0 Å². The zero-order valence-corrected chi connectivity index (χ0v) is 16.8. The van der Waals surface area contributed by atoms with Gasteiger partial charge in [-0.05, 0) is 55.9 Å². The van der Waals surface area contributed by atoms with Crippen LogP contribution in [0.25, 0.3) is 11.1 Å². The van der Waals surface area contributed by atoms with E-state index in [0.717, 1.165) is 54.5 Å². The third-order valence-corrected chi connectivity index (χ3v) is 5.70. The average Bonchev–Trinajstić information content (AvgIpc) is 3.08. The van der Waals surface area contributed by atoms with Crippen LogP contribution in [0.15, 0.2) is 53.2 Å². The highest BCUT2D eigenvalue weighted by Crippen LogP contribution is 2.37. The van der Waals surface area contributed by atoms with Gasteiger partial charge in [0.15, 0.2) is 0 Å². The van der Waals surface area contributed by atoms with Gasteiger partial charge in [-0.3, -0.25) is 0 Å². The monoisotopic (exact) mass is 377 g/mol. The topological polar surface area (TPSA) is 51.4 Å². The number of rotatable bonds is 5. The van der Waals surface area contributed by atoms with Gasteiger partial charge in [-0.15, -0.1) is 0 Å². The number of hydrogen-bond donors (Lipinski definition) is 0. The molecule has 0 bridgehead atoms. The van der Waals surface area contributed by atoms with Crippen molar-refractivity contribution in [2.24, 2.45) is 5.92 Å². The molecule has 5 nitrogen and oxygen atoms in total. The lowest BCUT2D eigenvalue weighted by molar-refractivity contribution is 0.0577. The van der Waals surface area contributed by atoms with Crippen LogP contribution in [0.5, 0.6) is 0 Å². The Kier molecular flexibility index (Phi) is 5.44. The molecule has 3 aromatic rings. The number of hydrogen-bond acceptors (Lipinski definition) is 5. The van der Waals surface area contributed by atoms with Gasteiger partial charge in [-0.25, -0.2) is 4.98 Å². The maximum Gasteiger partial charge on any atom is 0.141 e. The summed E-state index contributed by atoms with van der Waals surface area (Å²) in [5, 5.41) is 4.10. The Morgan fingerprint density at radius 1 is 1.07 bits per heavy atom. The van der Waals surface area contributed by atoms with Gasteiger partial charge in [0.2, 0.25) is 0 Å². The van der Waals surface area contributed by atoms with Gasteiger partial charge >= 0.3 is 0 Å². The van der Waals surface area contributed by atoms with Crippen LogP contribution in [0.4, 0.5) is 5.82 Å². The summed E-state index contributed by atoms with van der Waals surface area (Å²) >= 11 is 0. The largest absolute Gasteiger partial charge is 0.381 e. The van der Waals surface area contributed by atoms with Crippen LogP contribution in [-0.4, -0.2) is 30.4 Å². The van der Waals surface area contributed by atoms with Crippen molar-refractivity contribution in [1.82, 2.24) is 10.1 Å². The normalized spacial score (nSPS) is 16.1. The molecular formula is C23H27N3O2. The third kappa shape index (κ3) is 3.67. The Morgan fingerprint density at radius 2 is 1.82 bits per heavy atom. The second-order valence-corrected chi connectivity index (χ2v) is 7.52. The Labute approximate surface area is 166 Å². The second kappa shape index (κ2) is 8.15. The van der Waals surface area contributed by atoms with Crippen LogP contribution in [0.3, 0.4) is 0 Å². The van der Waals surface area contributed by atoms with E-state index in [1.165, 1.54) is 5.56 Å². The van der Waals surface area contributed by atoms with Gasteiger partial charge in [0.25, 0.3) is 0 Å². The van der Waals surface area contributed by atoms with Crippen molar-refractivity contribution in [3.05, 3.63) is 65.7 Å². The Balaban J connectivity index is 1.71.